The Morgan fingerprint density at radius 2 is 2.04 bits per heavy atom. The minimum Gasteiger partial charge on any atom is -0.345 e. The highest BCUT2D eigenvalue weighted by molar-refractivity contribution is 6.31. The van der Waals surface area contributed by atoms with Gasteiger partial charge in [0.15, 0.2) is 11.5 Å². The van der Waals surface area contributed by atoms with Gasteiger partial charge in [0.1, 0.15) is 0 Å². The van der Waals surface area contributed by atoms with Crippen molar-refractivity contribution in [1.29, 1.82) is 0 Å². The first-order valence-electron chi connectivity index (χ1n) is 7.46. The van der Waals surface area contributed by atoms with E-state index < -0.39 is 22.7 Å². The summed E-state index contributed by atoms with van der Waals surface area (Å²) in [6.45, 7) is 0.128. The second-order valence-electron chi connectivity index (χ2n) is 5.33. The number of carbonyl (C=O) groups is 1. The second-order valence-corrected chi connectivity index (χ2v) is 5.74. The van der Waals surface area contributed by atoms with Crippen LogP contribution in [-0.2, 0) is 17.5 Å². The van der Waals surface area contributed by atoms with Crippen LogP contribution in [0.25, 0.3) is 11.7 Å². The van der Waals surface area contributed by atoms with Gasteiger partial charge >= 0.3 is 6.18 Å². The standard InChI is InChI=1S/C17H12ClF3N4O/c18-13-6-4-11(9-12(13)17(19,20)21)5-7-16(26)22-10-15-24-23-14-3-1-2-8-25(14)15/h1-9H,10H2,(H,22,26). The third-order valence-corrected chi connectivity index (χ3v) is 3.86. The van der Waals surface area contributed by atoms with Gasteiger partial charge in [0.05, 0.1) is 17.1 Å². The van der Waals surface area contributed by atoms with Crippen LogP contribution in [0.1, 0.15) is 17.0 Å². The molecule has 0 saturated heterocycles. The summed E-state index contributed by atoms with van der Waals surface area (Å²) in [5.41, 5.74) is -0.0883. The van der Waals surface area contributed by atoms with Crippen LogP contribution in [-0.4, -0.2) is 20.5 Å². The zero-order valence-electron chi connectivity index (χ0n) is 13.2. The number of benzene rings is 1. The smallest absolute Gasteiger partial charge is 0.345 e. The highest BCUT2D eigenvalue weighted by Crippen LogP contribution is 2.35. The zero-order chi connectivity index (χ0) is 18.7. The number of hydrogen-bond acceptors (Lipinski definition) is 3. The van der Waals surface area contributed by atoms with Crippen LogP contribution in [0.2, 0.25) is 5.02 Å². The first kappa shape index (κ1) is 17.9. The second kappa shape index (κ2) is 7.17. The molecule has 26 heavy (non-hydrogen) atoms. The van der Waals surface area contributed by atoms with Crippen molar-refractivity contribution in [1.82, 2.24) is 19.9 Å². The molecular formula is C17H12ClF3N4O. The van der Waals surface area contributed by atoms with Crippen LogP contribution in [0.5, 0.6) is 0 Å². The molecule has 2 aromatic heterocycles. The van der Waals surface area contributed by atoms with E-state index in [1.54, 1.807) is 22.7 Å². The molecular weight excluding hydrogens is 369 g/mol. The topological polar surface area (TPSA) is 59.3 Å². The van der Waals surface area contributed by atoms with Crippen molar-refractivity contribution in [2.75, 3.05) is 0 Å². The number of aromatic nitrogens is 3. The maximum atomic E-state index is 12.8. The van der Waals surface area contributed by atoms with Crippen LogP contribution in [0.15, 0.2) is 48.7 Å². The van der Waals surface area contributed by atoms with Gasteiger partial charge in [-0.25, -0.2) is 0 Å². The lowest BCUT2D eigenvalue weighted by Crippen LogP contribution is -2.21. The first-order valence-corrected chi connectivity index (χ1v) is 7.84. The summed E-state index contributed by atoms with van der Waals surface area (Å²) in [5.74, 6) is 0.0643. The first-order chi connectivity index (χ1) is 12.3. The minimum absolute atomic E-state index is 0.128. The van der Waals surface area contributed by atoms with Gasteiger partial charge in [-0.05, 0) is 35.9 Å². The van der Waals surface area contributed by atoms with Gasteiger partial charge in [0, 0.05) is 12.3 Å². The molecule has 1 amide bonds. The highest BCUT2D eigenvalue weighted by Gasteiger charge is 2.33. The summed E-state index contributed by atoms with van der Waals surface area (Å²) in [6.07, 6.45) is -0.369. The lowest BCUT2D eigenvalue weighted by molar-refractivity contribution is -0.137. The van der Waals surface area contributed by atoms with Crippen LogP contribution in [0.4, 0.5) is 13.2 Å². The van der Waals surface area contributed by atoms with Crippen molar-refractivity contribution in [3.05, 3.63) is 70.6 Å². The van der Waals surface area contributed by atoms with E-state index in [-0.39, 0.29) is 12.1 Å². The molecule has 0 aliphatic carbocycles. The molecule has 0 unspecified atom stereocenters. The number of rotatable bonds is 4. The molecule has 0 saturated carbocycles. The summed E-state index contributed by atoms with van der Waals surface area (Å²) in [5, 5.41) is 10.1. The molecule has 0 bridgehead atoms. The lowest BCUT2D eigenvalue weighted by atomic mass is 10.1. The van der Waals surface area contributed by atoms with Gasteiger partial charge in [-0.15, -0.1) is 10.2 Å². The molecule has 1 N–H and O–H groups in total. The number of halogens is 4. The summed E-state index contributed by atoms with van der Waals surface area (Å²) in [6, 6.07) is 8.82. The van der Waals surface area contributed by atoms with Crippen molar-refractivity contribution in [3.8, 4) is 0 Å². The van der Waals surface area contributed by atoms with Gasteiger partial charge in [0.2, 0.25) is 5.91 Å². The summed E-state index contributed by atoms with van der Waals surface area (Å²) < 4.78 is 40.2. The van der Waals surface area contributed by atoms with E-state index in [9.17, 15) is 18.0 Å². The number of fused-ring (bicyclic) bond motifs is 1. The molecule has 0 aliphatic heterocycles. The van der Waals surface area contributed by atoms with Gasteiger partial charge < -0.3 is 5.32 Å². The molecule has 5 nitrogen and oxygen atoms in total. The van der Waals surface area contributed by atoms with Crippen molar-refractivity contribution in [2.45, 2.75) is 12.7 Å². The Morgan fingerprint density at radius 1 is 1.23 bits per heavy atom. The van der Waals surface area contributed by atoms with E-state index >= 15 is 0 Å². The number of hydrogen-bond donors (Lipinski definition) is 1. The fourth-order valence-corrected chi connectivity index (χ4v) is 2.50. The van der Waals surface area contributed by atoms with Crippen LogP contribution >= 0.6 is 11.6 Å². The summed E-state index contributed by atoms with van der Waals surface area (Å²) in [7, 11) is 0. The molecule has 3 aromatic rings. The molecule has 2 heterocycles. The molecule has 9 heteroatoms. The number of amides is 1. The van der Waals surface area contributed by atoms with E-state index in [0.717, 1.165) is 18.2 Å². The SMILES string of the molecule is O=C(C=Cc1ccc(Cl)c(C(F)(F)F)c1)NCc1nnc2ccccn12. The molecule has 0 spiro atoms. The average Bonchev–Trinajstić information content (AvgIpc) is 3.01. The van der Waals surface area contributed by atoms with Crippen LogP contribution in [0.3, 0.4) is 0 Å². The minimum atomic E-state index is -4.56. The Balaban J connectivity index is 1.66. The maximum absolute atomic E-state index is 12.8. The Kier molecular flexibility index (Phi) is 4.94. The molecule has 0 fully saturated rings. The zero-order valence-corrected chi connectivity index (χ0v) is 13.9. The normalized spacial score (nSPS) is 12.0. The molecule has 3 rings (SSSR count). The number of pyridine rings is 1. The predicted molar refractivity (Wildman–Crippen MR) is 90.3 cm³/mol. The van der Waals surface area contributed by atoms with Gasteiger partial charge in [-0.2, -0.15) is 13.2 Å². The largest absolute Gasteiger partial charge is 0.417 e. The molecule has 0 atom stereocenters. The van der Waals surface area contributed by atoms with E-state index in [4.69, 9.17) is 11.6 Å². The number of carbonyl (C=O) groups excluding carboxylic acids is 1. The monoisotopic (exact) mass is 380 g/mol. The molecule has 0 radical (unpaired) electrons. The average molecular weight is 381 g/mol. The Bertz CT molecular complexity index is 982. The van der Waals surface area contributed by atoms with Crippen molar-refractivity contribution >= 4 is 29.2 Å². The molecule has 0 aliphatic rings. The van der Waals surface area contributed by atoms with E-state index in [1.807, 2.05) is 6.07 Å². The van der Waals surface area contributed by atoms with E-state index in [2.05, 4.69) is 15.5 Å². The van der Waals surface area contributed by atoms with Crippen molar-refractivity contribution in [3.63, 3.8) is 0 Å². The number of alkyl halides is 3. The van der Waals surface area contributed by atoms with Gasteiger partial charge in [0.25, 0.3) is 0 Å². The highest BCUT2D eigenvalue weighted by atomic mass is 35.5. The lowest BCUT2D eigenvalue weighted by Gasteiger charge is -2.09. The predicted octanol–water partition coefficient (Wildman–Crippen LogP) is 3.73. The fraction of sp³-hybridized carbons (Fsp3) is 0.118. The quantitative estimate of drug-likeness (QED) is 0.702. The van der Waals surface area contributed by atoms with Gasteiger partial charge in [-0.1, -0.05) is 23.7 Å². The number of nitrogens with zero attached hydrogens (tertiary/aromatic N) is 3. The Morgan fingerprint density at radius 3 is 2.81 bits per heavy atom. The molecule has 134 valence electrons. The third-order valence-electron chi connectivity index (χ3n) is 3.53. The van der Waals surface area contributed by atoms with Crippen molar-refractivity contribution < 1.29 is 18.0 Å². The summed E-state index contributed by atoms with van der Waals surface area (Å²) in [4.78, 5) is 11.9. The van der Waals surface area contributed by atoms with E-state index in [1.165, 1.54) is 12.1 Å². The summed E-state index contributed by atoms with van der Waals surface area (Å²) >= 11 is 5.56. The fourth-order valence-electron chi connectivity index (χ4n) is 2.27. The van der Waals surface area contributed by atoms with E-state index in [0.29, 0.717) is 11.5 Å². The van der Waals surface area contributed by atoms with Gasteiger partial charge in [-0.3, -0.25) is 9.20 Å². The van der Waals surface area contributed by atoms with Crippen LogP contribution < -0.4 is 5.32 Å². The molecule has 1 aromatic carbocycles. The Labute approximate surface area is 151 Å². The van der Waals surface area contributed by atoms with Crippen LogP contribution in [0, 0.1) is 0 Å². The third kappa shape index (κ3) is 4.02. The maximum Gasteiger partial charge on any atom is 0.417 e. The Hall–Kier alpha value is -2.87. The number of nitrogens with one attached hydrogen (secondary N) is 1. The van der Waals surface area contributed by atoms with Crippen molar-refractivity contribution in [2.24, 2.45) is 0 Å².